The molecule has 2 aromatic carbocycles. The van der Waals surface area contributed by atoms with Crippen LogP contribution in [0.1, 0.15) is 24.4 Å². The van der Waals surface area contributed by atoms with Crippen LogP contribution in [-0.4, -0.2) is 34.3 Å². The molecule has 0 spiro atoms. The van der Waals surface area contributed by atoms with Crippen molar-refractivity contribution in [2.24, 2.45) is 5.92 Å². The maximum atomic E-state index is 11.4. The van der Waals surface area contributed by atoms with Gasteiger partial charge in [-0.1, -0.05) is 42.5 Å². The normalized spacial score (nSPS) is 17.2. The molecule has 0 unspecified atom stereocenters. The molecule has 0 bridgehead atoms. The zero-order chi connectivity index (χ0) is 23.5. The quantitative estimate of drug-likeness (QED) is 0.421. The number of nitrogens with two attached hydrogens (primary N) is 1. The number of nitrogens with one attached hydrogen (secondary N) is 1. The lowest BCUT2D eigenvalue weighted by molar-refractivity contribution is 0.155. The molecular formula is C26H27N5O3. The summed E-state index contributed by atoms with van der Waals surface area (Å²) < 4.78 is 12.9. The van der Waals surface area contributed by atoms with Gasteiger partial charge in [-0.05, 0) is 42.0 Å². The number of ether oxygens (including phenoxy) is 2. The van der Waals surface area contributed by atoms with E-state index in [0.717, 1.165) is 46.3 Å². The Morgan fingerprint density at radius 3 is 2.76 bits per heavy atom. The molecule has 0 aliphatic heterocycles. The fraction of sp³-hybridized carbons (Fsp3) is 0.269. The number of alkyl carbamates (subject to hydrolysis) is 1. The minimum absolute atomic E-state index is 0.285. The van der Waals surface area contributed by atoms with Crippen LogP contribution in [-0.2, 0) is 11.3 Å². The largest absolute Gasteiger partial charge is 0.489 e. The number of nitrogens with zero attached hydrogens (tertiary/aromatic N) is 3. The van der Waals surface area contributed by atoms with Crippen LogP contribution in [0.25, 0.3) is 22.2 Å². The molecule has 4 aromatic rings. The van der Waals surface area contributed by atoms with E-state index in [9.17, 15) is 4.79 Å². The van der Waals surface area contributed by atoms with Gasteiger partial charge in [-0.3, -0.25) is 0 Å². The molecule has 8 heteroatoms. The Kier molecular flexibility index (Phi) is 6.03. The van der Waals surface area contributed by atoms with E-state index >= 15 is 0 Å². The number of nitrogen functional groups attached to an aromatic ring is 1. The minimum Gasteiger partial charge on any atom is -0.489 e. The second-order valence-corrected chi connectivity index (χ2v) is 8.57. The highest BCUT2D eigenvalue weighted by molar-refractivity contribution is 6.00. The van der Waals surface area contributed by atoms with Crippen LogP contribution in [0.4, 0.5) is 10.6 Å². The van der Waals surface area contributed by atoms with Crippen LogP contribution in [0.15, 0.2) is 67.1 Å². The third kappa shape index (κ3) is 4.39. The van der Waals surface area contributed by atoms with E-state index in [4.69, 9.17) is 10.5 Å². The van der Waals surface area contributed by atoms with Gasteiger partial charge in [0.25, 0.3) is 0 Å². The van der Waals surface area contributed by atoms with Crippen molar-refractivity contribution in [2.75, 3.05) is 19.4 Å². The number of benzene rings is 2. The molecule has 0 atom stereocenters. The summed E-state index contributed by atoms with van der Waals surface area (Å²) in [7, 11) is 1.37. The Hall–Kier alpha value is -4.07. The van der Waals surface area contributed by atoms with Crippen molar-refractivity contribution in [3.05, 3.63) is 72.7 Å². The zero-order valence-electron chi connectivity index (χ0n) is 19.0. The number of hydrogen-bond donors (Lipinski definition) is 2. The number of rotatable bonds is 7. The van der Waals surface area contributed by atoms with Gasteiger partial charge >= 0.3 is 6.09 Å². The summed E-state index contributed by atoms with van der Waals surface area (Å²) >= 11 is 0. The summed E-state index contributed by atoms with van der Waals surface area (Å²) in [5.41, 5.74) is 10.2. The standard InChI is InChI=1S/C26H27N5O3/c1-33-26(32)28-13-18-10-20(11-18)31-14-22(23-24(27)29-16-30-25(23)31)19-8-5-9-21(12-19)34-15-17-6-3-2-4-7-17/h2-9,12,14,16,18,20H,10-11,13,15H2,1H3,(H,28,32)(H2,27,29,30)/t18-,20-. The first kappa shape index (κ1) is 21.8. The summed E-state index contributed by atoms with van der Waals surface area (Å²) in [6.07, 6.45) is 5.11. The number of methoxy groups -OCH3 is 1. The minimum atomic E-state index is -0.396. The summed E-state index contributed by atoms with van der Waals surface area (Å²) in [4.78, 5) is 20.2. The third-order valence-corrected chi connectivity index (χ3v) is 6.36. The second kappa shape index (κ2) is 9.43. The van der Waals surface area contributed by atoms with Crippen molar-refractivity contribution in [3.63, 3.8) is 0 Å². The van der Waals surface area contributed by atoms with Crippen molar-refractivity contribution in [2.45, 2.75) is 25.5 Å². The van der Waals surface area contributed by atoms with Gasteiger partial charge in [-0.25, -0.2) is 14.8 Å². The van der Waals surface area contributed by atoms with Crippen LogP contribution in [0.5, 0.6) is 5.75 Å². The predicted molar refractivity (Wildman–Crippen MR) is 130 cm³/mol. The van der Waals surface area contributed by atoms with Crippen molar-refractivity contribution in [1.82, 2.24) is 19.9 Å². The summed E-state index contributed by atoms with van der Waals surface area (Å²) in [6, 6.07) is 18.4. The summed E-state index contributed by atoms with van der Waals surface area (Å²) in [5, 5.41) is 3.63. The van der Waals surface area contributed by atoms with E-state index in [2.05, 4.69) is 30.8 Å². The molecular weight excluding hydrogens is 430 g/mol. The van der Waals surface area contributed by atoms with E-state index in [-0.39, 0.29) is 6.04 Å². The number of hydrogen-bond acceptors (Lipinski definition) is 6. The maximum absolute atomic E-state index is 11.4. The molecule has 2 aromatic heterocycles. The van der Waals surface area contributed by atoms with Gasteiger partial charge in [0.1, 0.15) is 30.1 Å². The fourth-order valence-corrected chi connectivity index (χ4v) is 4.49. The molecule has 3 N–H and O–H groups in total. The molecule has 34 heavy (non-hydrogen) atoms. The molecule has 174 valence electrons. The highest BCUT2D eigenvalue weighted by Gasteiger charge is 2.32. The van der Waals surface area contributed by atoms with Crippen LogP contribution < -0.4 is 15.8 Å². The maximum Gasteiger partial charge on any atom is 0.406 e. The van der Waals surface area contributed by atoms with Crippen molar-refractivity contribution in [1.29, 1.82) is 0 Å². The van der Waals surface area contributed by atoms with E-state index in [0.29, 0.717) is 24.9 Å². The molecule has 1 saturated carbocycles. The number of carbonyl (C=O) groups excluding carboxylic acids is 1. The van der Waals surface area contributed by atoms with Gasteiger partial charge in [-0.2, -0.15) is 0 Å². The predicted octanol–water partition coefficient (Wildman–Crippen LogP) is 4.57. The van der Waals surface area contributed by atoms with Crippen LogP contribution in [0, 0.1) is 5.92 Å². The molecule has 2 heterocycles. The van der Waals surface area contributed by atoms with Crippen molar-refractivity contribution < 1.29 is 14.3 Å². The Labute approximate surface area is 197 Å². The second-order valence-electron chi connectivity index (χ2n) is 8.57. The molecule has 8 nitrogen and oxygen atoms in total. The molecule has 5 rings (SSSR count). The first-order valence-corrected chi connectivity index (χ1v) is 11.3. The van der Waals surface area contributed by atoms with E-state index in [1.807, 2.05) is 54.6 Å². The van der Waals surface area contributed by atoms with Gasteiger partial charge in [0.2, 0.25) is 0 Å². The van der Waals surface area contributed by atoms with Crippen LogP contribution in [0.2, 0.25) is 0 Å². The Balaban J connectivity index is 1.39. The number of anilines is 1. The highest BCUT2D eigenvalue weighted by atomic mass is 16.5. The molecule has 1 fully saturated rings. The number of fused-ring (bicyclic) bond motifs is 1. The summed E-state index contributed by atoms with van der Waals surface area (Å²) in [5.74, 6) is 1.65. The lowest BCUT2D eigenvalue weighted by Crippen LogP contribution is -2.36. The van der Waals surface area contributed by atoms with Gasteiger partial charge in [-0.15, -0.1) is 0 Å². The lowest BCUT2D eigenvalue weighted by Gasteiger charge is -2.36. The van der Waals surface area contributed by atoms with Gasteiger partial charge in [0.05, 0.1) is 12.5 Å². The Morgan fingerprint density at radius 1 is 1.15 bits per heavy atom. The third-order valence-electron chi connectivity index (χ3n) is 6.36. The first-order valence-electron chi connectivity index (χ1n) is 11.3. The number of carbonyl (C=O) groups is 1. The Morgan fingerprint density at radius 2 is 1.97 bits per heavy atom. The van der Waals surface area contributed by atoms with Crippen LogP contribution in [0.3, 0.4) is 0 Å². The van der Waals surface area contributed by atoms with Crippen LogP contribution >= 0.6 is 0 Å². The highest BCUT2D eigenvalue weighted by Crippen LogP contribution is 2.42. The van der Waals surface area contributed by atoms with E-state index < -0.39 is 6.09 Å². The Bertz CT molecular complexity index is 1300. The van der Waals surface area contributed by atoms with Crippen molar-refractivity contribution in [3.8, 4) is 16.9 Å². The number of aromatic nitrogens is 3. The van der Waals surface area contributed by atoms with Crippen molar-refractivity contribution >= 4 is 22.9 Å². The molecule has 1 aliphatic carbocycles. The van der Waals surface area contributed by atoms with E-state index in [1.165, 1.54) is 13.4 Å². The zero-order valence-corrected chi connectivity index (χ0v) is 19.0. The van der Waals surface area contributed by atoms with Gasteiger partial charge in [0, 0.05) is 24.3 Å². The van der Waals surface area contributed by atoms with Gasteiger partial charge < -0.3 is 25.1 Å². The summed E-state index contributed by atoms with van der Waals surface area (Å²) in [6.45, 7) is 1.10. The average Bonchev–Trinajstić information content (AvgIpc) is 3.23. The SMILES string of the molecule is COC(=O)NC[C@H]1C[C@H](n2cc(-c3cccc(OCc4ccccc4)c3)c3c(N)ncnc32)C1. The first-order chi connectivity index (χ1) is 16.6. The monoisotopic (exact) mass is 457 g/mol. The lowest BCUT2D eigenvalue weighted by atomic mass is 9.80. The fourth-order valence-electron chi connectivity index (χ4n) is 4.49. The number of amides is 1. The van der Waals surface area contributed by atoms with E-state index in [1.54, 1.807) is 0 Å². The molecule has 0 saturated heterocycles. The molecule has 1 aliphatic rings. The smallest absolute Gasteiger partial charge is 0.406 e. The molecule has 0 radical (unpaired) electrons. The average molecular weight is 458 g/mol. The van der Waals surface area contributed by atoms with Gasteiger partial charge in [0.15, 0.2) is 0 Å². The molecule has 1 amide bonds. The topological polar surface area (TPSA) is 104 Å².